The monoisotopic (exact) mass is 240 g/mol. The maximum Gasteiger partial charge on any atom is 0.0991 e. The van der Waals surface area contributed by atoms with Crippen molar-refractivity contribution in [3.8, 4) is 0 Å². The standard InChI is InChI=1S/C12H20N2OS/c1-9-10(3-6-13)16-11(14-9)12(2)4-7-15-8-5-12/h3-8,13H2,1-2H3. The summed E-state index contributed by atoms with van der Waals surface area (Å²) < 4.78 is 5.43. The molecule has 1 saturated heterocycles. The molecule has 1 aromatic rings. The minimum absolute atomic E-state index is 0.223. The van der Waals surface area contributed by atoms with E-state index in [-0.39, 0.29) is 5.41 Å². The lowest BCUT2D eigenvalue weighted by Gasteiger charge is -2.31. The molecule has 0 aliphatic carbocycles. The summed E-state index contributed by atoms with van der Waals surface area (Å²) in [6.45, 7) is 6.83. The van der Waals surface area contributed by atoms with Crippen molar-refractivity contribution in [3.05, 3.63) is 15.6 Å². The van der Waals surface area contributed by atoms with E-state index in [4.69, 9.17) is 15.5 Å². The number of nitrogens with two attached hydrogens (primary N) is 1. The van der Waals surface area contributed by atoms with Crippen LogP contribution in [0.4, 0.5) is 0 Å². The fraction of sp³-hybridized carbons (Fsp3) is 0.750. The second kappa shape index (κ2) is 4.82. The predicted octanol–water partition coefficient (Wildman–Crippen LogP) is 2.02. The molecule has 3 nitrogen and oxygen atoms in total. The van der Waals surface area contributed by atoms with E-state index in [0.29, 0.717) is 6.54 Å². The molecule has 2 heterocycles. The van der Waals surface area contributed by atoms with Gasteiger partial charge in [-0.3, -0.25) is 0 Å². The zero-order valence-electron chi connectivity index (χ0n) is 10.1. The van der Waals surface area contributed by atoms with Crippen LogP contribution in [0, 0.1) is 6.92 Å². The average molecular weight is 240 g/mol. The van der Waals surface area contributed by atoms with E-state index in [1.54, 1.807) is 0 Å². The summed E-state index contributed by atoms with van der Waals surface area (Å²) in [5.74, 6) is 0. The van der Waals surface area contributed by atoms with Crippen LogP contribution >= 0.6 is 11.3 Å². The largest absolute Gasteiger partial charge is 0.381 e. The van der Waals surface area contributed by atoms with Crippen LogP contribution in [0.25, 0.3) is 0 Å². The molecule has 0 aromatic carbocycles. The molecule has 0 amide bonds. The van der Waals surface area contributed by atoms with E-state index >= 15 is 0 Å². The SMILES string of the molecule is Cc1nc(C2(C)CCOCC2)sc1CCN. The zero-order chi connectivity index (χ0) is 11.6. The molecular formula is C12H20N2OS. The molecule has 1 aliphatic heterocycles. The molecule has 0 radical (unpaired) electrons. The lowest BCUT2D eigenvalue weighted by molar-refractivity contribution is 0.0563. The van der Waals surface area contributed by atoms with Crippen molar-refractivity contribution in [2.45, 2.75) is 38.5 Å². The molecule has 90 valence electrons. The first kappa shape index (κ1) is 12.0. The molecule has 1 aromatic heterocycles. The van der Waals surface area contributed by atoms with E-state index < -0.39 is 0 Å². The fourth-order valence-corrected chi connectivity index (χ4v) is 3.36. The van der Waals surface area contributed by atoms with E-state index in [1.807, 2.05) is 11.3 Å². The Bertz CT molecular complexity index is 356. The van der Waals surface area contributed by atoms with Gasteiger partial charge in [0.25, 0.3) is 0 Å². The van der Waals surface area contributed by atoms with Crippen molar-refractivity contribution in [3.63, 3.8) is 0 Å². The Morgan fingerprint density at radius 3 is 2.75 bits per heavy atom. The highest BCUT2D eigenvalue weighted by Crippen LogP contribution is 2.37. The van der Waals surface area contributed by atoms with Crippen molar-refractivity contribution in [1.82, 2.24) is 4.98 Å². The summed E-state index contributed by atoms with van der Waals surface area (Å²) in [6, 6.07) is 0. The highest BCUT2D eigenvalue weighted by Gasteiger charge is 2.32. The highest BCUT2D eigenvalue weighted by atomic mass is 32.1. The summed E-state index contributed by atoms with van der Waals surface area (Å²) in [6.07, 6.45) is 3.13. The van der Waals surface area contributed by atoms with Gasteiger partial charge in [-0.1, -0.05) is 6.92 Å². The minimum atomic E-state index is 0.223. The van der Waals surface area contributed by atoms with Crippen LogP contribution in [0.2, 0.25) is 0 Å². The van der Waals surface area contributed by atoms with Crippen LogP contribution < -0.4 is 5.73 Å². The van der Waals surface area contributed by atoms with Gasteiger partial charge in [-0.2, -0.15) is 0 Å². The first-order valence-electron chi connectivity index (χ1n) is 5.90. The third-order valence-corrected chi connectivity index (χ3v) is 4.90. The van der Waals surface area contributed by atoms with Crippen LogP contribution in [-0.2, 0) is 16.6 Å². The third kappa shape index (κ3) is 2.29. The highest BCUT2D eigenvalue weighted by molar-refractivity contribution is 7.11. The second-order valence-corrected chi connectivity index (χ2v) is 5.82. The van der Waals surface area contributed by atoms with Gasteiger partial charge in [0.05, 0.1) is 10.7 Å². The molecule has 16 heavy (non-hydrogen) atoms. The molecule has 4 heteroatoms. The van der Waals surface area contributed by atoms with Gasteiger partial charge in [0, 0.05) is 23.5 Å². The number of hydrogen-bond donors (Lipinski definition) is 1. The van der Waals surface area contributed by atoms with Crippen molar-refractivity contribution in [2.24, 2.45) is 5.73 Å². The lowest BCUT2D eigenvalue weighted by atomic mass is 9.83. The normalized spacial score (nSPS) is 19.9. The summed E-state index contributed by atoms with van der Waals surface area (Å²) in [5, 5.41) is 1.27. The smallest absolute Gasteiger partial charge is 0.0991 e. The Morgan fingerprint density at radius 2 is 2.12 bits per heavy atom. The fourth-order valence-electron chi connectivity index (χ4n) is 2.09. The first-order chi connectivity index (χ1) is 7.65. The number of ether oxygens (including phenoxy) is 1. The van der Waals surface area contributed by atoms with E-state index in [1.165, 1.54) is 9.88 Å². The Labute approximate surface area is 101 Å². The van der Waals surface area contributed by atoms with Gasteiger partial charge in [0.2, 0.25) is 0 Å². The summed E-state index contributed by atoms with van der Waals surface area (Å²) >= 11 is 1.84. The third-order valence-electron chi connectivity index (χ3n) is 3.38. The summed E-state index contributed by atoms with van der Waals surface area (Å²) in [7, 11) is 0. The molecule has 0 atom stereocenters. The van der Waals surface area contributed by atoms with Crippen molar-refractivity contribution >= 4 is 11.3 Å². The van der Waals surface area contributed by atoms with Gasteiger partial charge in [-0.15, -0.1) is 11.3 Å². The number of nitrogens with zero attached hydrogens (tertiary/aromatic N) is 1. The van der Waals surface area contributed by atoms with Crippen LogP contribution in [0.1, 0.15) is 35.3 Å². The molecule has 0 spiro atoms. The lowest BCUT2D eigenvalue weighted by Crippen LogP contribution is -2.30. The Morgan fingerprint density at radius 1 is 1.44 bits per heavy atom. The number of aromatic nitrogens is 1. The molecule has 2 rings (SSSR count). The van der Waals surface area contributed by atoms with Gasteiger partial charge in [-0.25, -0.2) is 4.98 Å². The van der Waals surface area contributed by atoms with E-state index in [0.717, 1.165) is 38.2 Å². The summed E-state index contributed by atoms with van der Waals surface area (Å²) in [4.78, 5) is 6.08. The zero-order valence-corrected chi connectivity index (χ0v) is 10.9. The average Bonchev–Trinajstić information content (AvgIpc) is 2.63. The van der Waals surface area contributed by atoms with Crippen molar-refractivity contribution < 1.29 is 4.74 Å². The molecular weight excluding hydrogens is 220 g/mol. The van der Waals surface area contributed by atoms with Crippen LogP contribution in [0.15, 0.2) is 0 Å². The summed E-state index contributed by atoms with van der Waals surface area (Å²) in [5.41, 5.74) is 7.00. The van der Waals surface area contributed by atoms with Crippen LogP contribution in [-0.4, -0.2) is 24.7 Å². The predicted molar refractivity (Wildman–Crippen MR) is 67.0 cm³/mol. The molecule has 2 N–H and O–H groups in total. The van der Waals surface area contributed by atoms with E-state index in [2.05, 4.69) is 13.8 Å². The maximum atomic E-state index is 5.61. The van der Waals surface area contributed by atoms with Crippen LogP contribution in [0.3, 0.4) is 0 Å². The molecule has 1 aliphatic rings. The Hall–Kier alpha value is -0.450. The first-order valence-corrected chi connectivity index (χ1v) is 6.72. The van der Waals surface area contributed by atoms with Gasteiger partial charge in [0.15, 0.2) is 0 Å². The Kier molecular flexibility index (Phi) is 3.62. The molecule has 0 saturated carbocycles. The van der Waals surface area contributed by atoms with E-state index in [9.17, 15) is 0 Å². The Balaban J connectivity index is 2.22. The molecule has 0 unspecified atom stereocenters. The quantitative estimate of drug-likeness (QED) is 0.879. The van der Waals surface area contributed by atoms with Gasteiger partial charge in [-0.05, 0) is 32.7 Å². The van der Waals surface area contributed by atoms with Gasteiger partial charge < -0.3 is 10.5 Å². The number of rotatable bonds is 3. The topological polar surface area (TPSA) is 48.1 Å². The molecule has 0 bridgehead atoms. The van der Waals surface area contributed by atoms with Crippen LogP contribution in [0.5, 0.6) is 0 Å². The van der Waals surface area contributed by atoms with Gasteiger partial charge in [0.1, 0.15) is 0 Å². The number of thiazole rings is 1. The molecule has 1 fully saturated rings. The number of hydrogen-bond acceptors (Lipinski definition) is 4. The maximum absolute atomic E-state index is 5.61. The number of aryl methyl sites for hydroxylation is 1. The van der Waals surface area contributed by atoms with Gasteiger partial charge >= 0.3 is 0 Å². The van der Waals surface area contributed by atoms with Crippen molar-refractivity contribution in [1.29, 1.82) is 0 Å². The second-order valence-electron chi connectivity index (χ2n) is 4.74. The minimum Gasteiger partial charge on any atom is -0.381 e. The van der Waals surface area contributed by atoms with Crippen molar-refractivity contribution in [2.75, 3.05) is 19.8 Å².